The molecule has 0 aliphatic heterocycles. The SMILES string of the molecule is CC(CCC(=O)O)Nc1cc(Br)ccc1F. The Hall–Kier alpha value is -1.10. The van der Waals surface area contributed by atoms with Crippen molar-refractivity contribution in [2.75, 3.05) is 5.32 Å². The van der Waals surface area contributed by atoms with Gasteiger partial charge in [-0.3, -0.25) is 4.79 Å². The van der Waals surface area contributed by atoms with Gasteiger partial charge in [0.1, 0.15) is 5.82 Å². The molecule has 2 N–H and O–H groups in total. The van der Waals surface area contributed by atoms with Gasteiger partial charge in [-0.25, -0.2) is 4.39 Å². The number of carboxylic acids is 1. The minimum atomic E-state index is -0.844. The molecule has 0 heterocycles. The first kappa shape index (κ1) is 13.0. The fourth-order valence-electron chi connectivity index (χ4n) is 1.29. The first-order chi connectivity index (χ1) is 7.49. The monoisotopic (exact) mass is 289 g/mol. The highest BCUT2D eigenvalue weighted by molar-refractivity contribution is 9.10. The first-order valence-electron chi connectivity index (χ1n) is 4.92. The highest BCUT2D eigenvalue weighted by Gasteiger charge is 2.08. The van der Waals surface area contributed by atoms with Gasteiger partial charge < -0.3 is 10.4 Å². The summed E-state index contributed by atoms with van der Waals surface area (Å²) in [5.41, 5.74) is 0.382. The van der Waals surface area contributed by atoms with Gasteiger partial charge in [0, 0.05) is 16.9 Å². The number of benzene rings is 1. The summed E-state index contributed by atoms with van der Waals surface area (Å²) in [6.45, 7) is 1.82. The Labute approximate surface area is 102 Å². The van der Waals surface area contributed by atoms with Crippen molar-refractivity contribution in [3.05, 3.63) is 28.5 Å². The Morgan fingerprint density at radius 1 is 1.62 bits per heavy atom. The van der Waals surface area contributed by atoms with E-state index in [1.807, 2.05) is 6.92 Å². The highest BCUT2D eigenvalue weighted by atomic mass is 79.9. The molecular formula is C11H13BrFNO2. The molecule has 0 saturated heterocycles. The number of rotatable bonds is 5. The van der Waals surface area contributed by atoms with Crippen LogP contribution in [0.3, 0.4) is 0 Å². The molecule has 0 fully saturated rings. The minimum absolute atomic E-state index is 0.0732. The van der Waals surface area contributed by atoms with Gasteiger partial charge >= 0.3 is 5.97 Å². The van der Waals surface area contributed by atoms with Crippen molar-refractivity contribution in [1.29, 1.82) is 0 Å². The summed E-state index contributed by atoms with van der Waals surface area (Å²) in [6.07, 6.45) is 0.533. The molecule has 3 nitrogen and oxygen atoms in total. The summed E-state index contributed by atoms with van der Waals surface area (Å²) in [6, 6.07) is 4.52. The zero-order chi connectivity index (χ0) is 12.1. The van der Waals surface area contributed by atoms with Crippen LogP contribution >= 0.6 is 15.9 Å². The van der Waals surface area contributed by atoms with Crippen LogP contribution in [0.15, 0.2) is 22.7 Å². The lowest BCUT2D eigenvalue weighted by atomic mass is 10.1. The number of aliphatic carboxylic acids is 1. The van der Waals surface area contributed by atoms with Gasteiger partial charge in [-0.15, -0.1) is 0 Å². The van der Waals surface area contributed by atoms with Crippen LogP contribution in [-0.4, -0.2) is 17.1 Å². The summed E-state index contributed by atoms with van der Waals surface area (Å²) in [7, 11) is 0. The Morgan fingerprint density at radius 2 is 2.31 bits per heavy atom. The van der Waals surface area contributed by atoms with E-state index in [0.29, 0.717) is 12.1 Å². The number of halogens is 2. The second-order valence-corrected chi connectivity index (χ2v) is 4.52. The Bertz CT molecular complexity index is 384. The summed E-state index contributed by atoms with van der Waals surface area (Å²) in [4.78, 5) is 10.4. The summed E-state index contributed by atoms with van der Waals surface area (Å²) in [5, 5.41) is 11.5. The van der Waals surface area contributed by atoms with E-state index in [1.54, 1.807) is 12.1 Å². The molecule has 0 amide bonds. The molecular weight excluding hydrogens is 277 g/mol. The van der Waals surface area contributed by atoms with Gasteiger partial charge in [0.2, 0.25) is 0 Å². The molecule has 1 rings (SSSR count). The third-order valence-electron chi connectivity index (χ3n) is 2.12. The van der Waals surface area contributed by atoms with Crippen molar-refractivity contribution in [2.45, 2.75) is 25.8 Å². The normalized spacial score (nSPS) is 12.2. The van der Waals surface area contributed by atoms with E-state index < -0.39 is 5.97 Å². The molecule has 0 aliphatic rings. The molecule has 1 unspecified atom stereocenters. The number of hydrogen-bond acceptors (Lipinski definition) is 2. The second kappa shape index (κ2) is 5.84. The highest BCUT2D eigenvalue weighted by Crippen LogP contribution is 2.21. The fourth-order valence-corrected chi connectivity index (χ4v) is 1.65. The van der Waals surface area contributed by atoms with E-state index in [0.717, 1.165) is 4.47 Å². The average molecular weight is 290 g/mol. The lowest BCUT2D eigenvalue weighted by Crippen LogP contribution is -2.17. The third-order valence-corrected chi connectivity index (χ3v) is 2.61. The second-order valence-electron chi connectivity index (χ2n) is 3.60. The summed E-state index contributed by atoms with van der Waals surface area (Å²) in [5.74, 6) is -1.19. The van der Waals surface area contributed by atoms with Crippen molar-refractivity contribution in [1.82, 2.24) is 0 Å². The van der Waals surface area contributed by atoms with Gasteiger partial charge in [-0.2, -0.15) is 0 Å². The van der Waals surface area contributed by atoms with Gasteiger partial charge in [0.05, 0.1) is 5.69 Å². The van der Waals surface area contributed by atoms with E-state index in [-0.39, 0.29) is 18.3 Å². The molecule has 0 saturated carbocycles. The Balaban J connectivity index is 2.58. The van der Waals surface area contributed by atoms with Crippen LogP contribution in [0.5, 0.6) is 0 Å². The molecule has 0 spiro atoms. The van der Waals surface area contributed by atoms with Crippen LogP contribution in [0.1, 0.15) is 19.8 Å². The largest absolute Gasteiger partial charge is 0.481 e. The number of carboxylic acid groups (broad SMARTS) is 1. The number of carbonyl (C=O) groups is 1. The molecule has 5 heteroatoms. The van der Waals surface area contributed by atoms with Crippen LogP contribution in [0.25, 0.3) is 0 Å². The predicted molar refractivity (Wildman–Crippen MR) is 64.1 cm³/mol. The van der Waals surface area contributed by atoms with E-state index in [4.69, 9.17) is 5.11 Å². The Morgan fingerprint density at radius 3 is 2.94 bits per heavy atom. The maximum absolute atomic E-state index is 13.3. The molecule has 0 aliphatic carbocycles. The first-order valence-corrected chi connectivity index (χ1v) is 5.71. The van der Waals surface area contributed by atoms with Crippen molar-refractivity contribution >= 4 is 27.6 Å². The molecule has 1 aromatic rings. The lowest BCUT2D eigenvalue weighted by molar-refractivity contribution is -0.137. The number of nitrogens with one attached hydrogen (secondary N) is 1. The molecule has 0 aromatic heterocycles. The molecule has 1 aromatic carbocycles. The van der Waals surface area contributed by atoms with Crippen molar-refractivity contribution in [3.8, 4) is 0 Å². The maximum atomic E-state index is 13.3. The minimum Gasteiger partial charge on any atom is -0.481 e. The van der Waals surface area contributed by atoms with Crippen molar-refractivity contribution < 1.29 is 14.3 Å². The molecule has 0 radical (unpaired) electrons. The summed E-state index contributed by atoms with van der Waals surface area (Å²) >= 11 is 3.25. The van der Waals surface area contributed by atoms with Gasteiger partial charge in [-0.05, 0) is 31.5 Å². The average Bonchev–Trinajstić information content (AvgIpc) is 2.20. The zero-order valence-electron chi connectivity index (χ0n) is 8.84. The lowest BCUT2D eigenvalue weighted by Gasteiger charge is -2.15. The van der Waals surface area contributed by atoms with Gasteiger partial charge in [-0.1, -0.05) is 15.9 Å². The standard InChI is InChI=1S/C11H13BrFNO2/c1-7(2-5-11(15)16)14-10-6-8(12)3-4-9(10)13/h3-4,6-7,14H,2,5H2,1H3,(H,15,16). The topological polar surface area (TPSA) is 49.3 Å². The quantitative estimate of drug-likeness (QED) is 0.875. The van der Waals surface area contributed by atoms with Crippen LogP contribution in [-0.2, 0) is 4.79 Å². The summed E-state index contributed by atoms with van der Waals surface area (Å²) < 4.78 is 14.1. The van der Waals surface area contributed by atoms with Crippen molar-refractivity contribution in [2.24, 2.45) is 0 Å². The molecule has 0 bridgehead atoms. The molecule has 1 atom stereocenters. The van der Waals surface area contributed by atoms with Crippen LogP contribution in [0.4, 0.5) is 10.1 Å². The maximum Gasteiger partial charge on any atom is 0.303 e. The molecule has 16 heavy (non-hydrogen) atoms. The van der Waals surface area contributed by atoms with Gasteiger partial charge in [0.25, 0.3) is 0 Å². The van der Waals surface area contributed by atoms with Crippen molar-refractivity contribution in [3.63, 3.8) is 0 Å². The van der Waals surface area contributed by atoms with E-state index in [9.17, 15) is 9.18 Å². The van der Waals surface area contributed by atoms with Crippen LogP contribution in [0.2, 0.25) is 0 Å². The van der Waals surface area contributed by atoms with Crippen LogP contribution in [0, 0.1) is 5.82 Å². The van der Waals surface area contributed by atoms with Crippen LogP contribution < -0.4 is 5.32 Å². The third kappa shape index (κ3) is 4.18. The van der Waals surface area contributed by atoms with E-state index in [2.05, 4.69) is 21.2 Å². The van der Waals surface area contributed by atoms with Gasteiger partial charge in [0.15, 0.2) is 0 Å². The van der Waals surface area contributed by atoms with E-state index >= 15 is 0 Å². The smallest absolute Gasteiger partial charge is 0.303 e. The Kier molecular flexibility index (Phi) is 4.73. The zero-order valence-corrected chi connectivity index (χ0v) is 10.4. The predicted octanol–water partition coefficient (Wildman–Crippen LogP) is 3.25. The molecule has 88 valence electrons. The number of anilines is 1. The number of hydrogen-bond donors (Lipinski definition) is 2. The van der Waals surface area contributed by atoms with E-state index in [1.165, 1.54) is 6.07 Å². The fraction of sp³-hybridized carbons (Fsp3) is 0.364.